The van der Waals surface area contributed by atoms with Gasteiger partial charge in [0.25, 0.3) is 0 Å². The van der Waals surface area contributed by atoms with E-state index < -0.39 is 0 Å². The van der Waals surface area contributed by atoms with Gasteiger partial charge in [-0.3, -0.25) is 15.0 Å². The van der Waals surface area contributed by atoms with E-state index in [-0.39, 0.29) is 0 Å². The number of thiophene rings is 1. The Morgan fingerprint density at radius 2 is 1.86 bits per heavy atom. The van der Waals surface area contributed by atoms with Gasteiger partial charge < -0.3 is 4.98 Å². The first-order valence-electron chi connectivity index (χ1n) is 12.0. The fraction of sp³-hybridized carbons (Fsp3) is 0.179. The third kappa shape index (κ3) is 3.73. The summed E-state index contributed by atoms with van der Waals surface area (Å²) in [5, 5.41) is 14.3. The second-order valence-corrected chi connectivity index (χ2v) is 9.99. The van der Waals surface area contributed by atoms with Gasteiger partial charge in [-0.05, 0) is 95.3 Å². The smallest absolute Gasteiger partial charge is 0.138 e. The van der Waals surface area contributed by atoms with Crippen molar-refractivity contribution in [2.45, 2.75) is 19.4 Å². The number of rotatable bonds is 5. The van der Waals surface area contributed by atoms with E-state index in [4.69, 9.17) is 0 Å². The number of benzene rings is 1. The Kier molecular flexibility index (Phi) is 4.96. The molecule has 6 nitrogen and oxygen atoms in total. The number of hydrogen-bond donors (Lipinski definition) is 2. The maximum Gasteiger partial charge on any atom is 0.138 e. The van der Waals surface area contributed by atoms with Crippen LogP contribution in [0, 0.1) is 0 Å². The molecule has 1 aliphatic heterocycles. The molecule has 0 amide bonds. The molecule has 0 atom stereocenters. The number of pyridine rings is 2. The highest BCUT2D eigenvalue weighted by atomic mass is 32.1. The van der Waals surface area contributed by atoms with Crippen molar-refractivity contribution in [1.82, 2.24) is 30.0 Å². The van der Waals surface area contributed by atoms with E-state index in [9.17, 15) is 0 Å². The van der Waals surface area contributed by atoms with Gasteiger partial charge in [0.05, 0.1) is 11.2 Å². The van der Waals surface area contributed by atoms with Gasteiger partial charge in [-0.1, -0.05) is 6.07 Å². The molecule has 0 radical (unpaired) electrons. The summed E-state index contributed by atoms with van der Waals surface area (Å²) < 4.78 is 0. The number of likely N-dealkylation sites (tertiary alicyclic amines) is 1. The standard InChI is InChI=1S/C28H24N6S/c1-2-9-34(8-1)16-18-11-21(15-29-14-18)19-3-4-25-24(12-19)27(33-32-25)26-13-23-22(20-6-10-35-17-20)5-7-30-28(23)31-26/h3-7,10-15,17H,1-2,8-9,16H2,(H,30,31)(H,32,33). The minimum Gasteiger partial charge on any atom is -0.338 e. The largest absolute Gasteiger partial charge is 0.338 e. The maximum atomic E-state index is 4.67. The first-order chi connectivity index (χ1) is 17.3. The van der Waals surface area contributed by atoms with Crippen molar-refractivity contribution in [3.8, 4) is 33.6 Å². The molecule has 0 unspecified atom stereocenters. The van der Waals surface area contributed by atoms with E-state index in [1.807, 2.05) is 18.6 Å². The summed E-state index contributed by atoms with van der Waals surface area (Å²) in [5.74, 6) is 0. The van der Waals surface area contributed by atoms with Crippen molar-refractivity contribution < 1.29 is 0 Å². The molecule has 0 spiro atoms. The second-order valence-electron chi connectivity index (χ2n) is 9.21. The van der Waals surface area contributed by atoms with E-state index in [0.29, 0.717) is 0 Å². The summed E-state index contributed by atoms with van der Waals surface area (Å²) in [6, 6.07) is 15.1. The summed E-state index contributed by atoms with van der Waals surface area (Å²) in [5.41, 5.74) is 9.67. The molecular weight excluding hydrogens is 452 g/mol. The quantitative estimate of drug-likeness (QED) is 0.298. The average Bonchev–Trinajstić information content (AvgIpc) is 3.70. The second kappa shape index (κ2) is 8.45. The summed E-state index contributed by atoms with van der Waals surface area (Å²) in [6.07, 6.45) is 8.40. The van der Waals surface area contributed by atoms with Gasteiger partial charge in [-0.2, -0.15) is 16.4 Å². The summed E-state index contributed by atoms with van der Waals surface area (Å²) in [6.45, 7) is 3.33. The SMILES string of the molecule is c1cc(-c2ccsc2)c2cc(-c3n[nH]c4ccc(-c5cncc(CN6CCCC6)c5)cc34)[nH]c2n1. The molecule has 1 fully saturated rings. The molecule has 7 rings (SSSR count). The van der Waals surface area contributed by atoms with E-state index in [1.165, 1.54) is 42.6 Å². The fourth-order valence-electron chi connectivity index (χ4n) is 5.15. The van der Waals surface area contributed by atoms with E-state index in [2.05, 4.69) is 83.3 Å². The van der Waals surface area contributed by atoms with Gasteiger partial charge in [-0.25, -0.2) is 4.98 Å². The molecule has 1 aromatic carbocycles. The lowest BCUT2D eigenvalue weighted by molar-refractivity contribution is 0.331. The lowest BCUT2D eigenvalue weighted by atomic mass is 10.0. The number of nitrogens with one attached hydrogen (secondary N) is 2. The highest BCUT2D eigenvalue weighted by molar-refractivity contribution is 7.08. The zero-order valence-electron chi connectivity index (χ0n) is 19.2. The normalized spacial score (nSPS) is 14.4. The van der Waals surface area contributed by atoms with Crippen LogP contribution >= 0.6 is 11.3 Å². The molecular formula is C28H24N6S. The lowest BCUT2D eigenvalue weighted by Gasteiger charge is -2.14. The van der Waals surface area contributed by atoms with Gasteiger partial charge in [0.2, 0.25) is 0 Å². The van der Waals surface area contributed by atoms with Gasteiger partial charge in [0.1, 0.15) is 11.3 Å². The summed E-state index contributed by atoms with van der Waals surface area (Å²) in [4.78, 5) is 15.1. The molecule has 7 heteroatoms. The number of aromatic amines is 2. The van der Waals surface area contributed by atoms with Crippen LogP contribution in [0.3, 0.4) is 0 Å². The zero-order chi connectivity index (χ0) is 23.2. The number of H-pyrrole nitrogens is 2. The Bertz CT molecular complexity index is 1640. The average molecular weight is 477 g/mol. The van der Waals surface area contributed by atoms with Crippen LogP contribution in [0.5, 0.6) is 0 Å². The van der Waals surface area contributed by atoms with Gasteiger partial charge >= 0.3 is 0 Å². The van der Waals surface area contributed by atoms with Crippen LogP contribution in [0.2, 0.25) is 0 Å². The van der Waals surface area contributed by atoms with Gasteiger partial charge in [0.15, 0.2) is 0 Å². The van der Waals surface area contributed by atoms with Crippen molar-refractivity contribution in [3.63, 3.8) is 0 Å². The molecule has 5 aromatic heterocycles. The molecule has 0 aliphatic carbocycles. The van der Waals surface area contributed by atoms with Gasteiger partial charge in [-0.15, -0.1) is 0 Å². The molecule has 172 valence electrons. The Labute approximate surface area is 206 Å². The molecule has 2 N–H and O–H groups in total. The van der Waals surface area contributed by atoms with Crippen LogP contribution < -0.4 is 0 Å². The van der Waals surface area contributed by atoms with E-state index in [0.717, 1.165) is 51.0 Å². The Balaban J connectivity index is 1.28. The Morgan fingerprint density at radius 1 is 0.914 bits per heavy atom. The number of nitrogens with zero attached hydrogens (tertiary/aromatic N) is 4. The third-order valence-electron chi connectivity index (χ3n) is 6.92. The summed E-state index contributed by atoms with van der Waals surface area (Å²) >= 11 is 1.70. The number of aromatic nitrogens is 5. The van der Waals surface area contributed by atoms with Crippen LogP contribution in [0.25, 0.3) is 55.6 Å². The first kappa shape index (κ1) is 20.6. The first-order valence-corrected chi connectivity index (χ1v) is 12.9. The summed E-state index contributed by atoms with van der Waals surface area (Å²) in [7, 11) is 0. The van der Waals surface area contributed by atoms with Crippen molar-refractivity contribution in [2.24, 2.45) is 0 Å². The van der Waals surface area contributed by atoms with Crippen LogP contribution in [0.4, 0.5) is 0 Å². The molecule has 1 saturated heterocycles. The fourth-order valence-corrected chi connectivity index (χ4v) is 5.81. The molecule has 0 saturated carbocycles. The van der Waals surface area contributed by atoms with Crippen molar-refractivity contribution in [1.29, 1.82) is 0 Å². The number of hydrogen-bond acceptors (Lipinski definition) is 5. The Morgan fingerprint density at radius 3 is 2.74 bits per heavy atom. The third-order valence-corrected chi connectivity index (χ3v) is 7.60. The van der Waals surface area contributed by atoms with Gasteiger partial charge in [0, 0.05) is 41.5 Å². The van der Waals surface area contributed by atoms with Crippen LogP contribution in [-0.4, -0.2) is 43.1 Å². The van der Waals surface area contributed by atoms with E-state index >= 15 is 0 Å². The lowest BCUT2D eigenvalue weighted by Crippen LogP contribution is -2.18. The highest BCUT2D eigenvalue weighted by Gasteiger charge is 2.16. The highest BCUT2D eigenvalue weighted by Crippen LogP contribution is 2.35. The van der Waals surface area contributed by atoms with Crippen molar-refractivity contribution in [3.05, 3.63) is 77.4 Å². The van der Waals surface area contributed by atoms with E-state index in [1.54, 1.807) is 11.3 Å². The molecule has 6 aromatic rings. The molecule has 1 aliphatic rings. The zero-order valence-corrected chi connectivity index (χ0v) is 20.0. The molecule has 0 bridgehead atoms. The minimum absolute atomic E-state index is 0.870. The van der Waals surface area contributed by atoms with Crippen LogP contribution in [0.1, 0.15) is 18.4 Å². The minimum atomic E-state index is 0.870. The van der Waals surface area contributed by atoms with Crippen LogP contribution in [0.15, 0.2) is 71.8 Å². The topological polar surface area (TPSA) is 73.5 Å². The van der Waals surface area contributed by atoms with Crippen molar-refractivity contribution >= 4 is 33.3 Å². The Hall–Kier alpha value is -3.81. The molecule has 35 heavy (non-hydrogen) atoms. The number of fused-ring (bicyclic) bond motifs is 2. The molecule has 6 heterocycles. The predicted molar refractivity (Wildman–Crippen MR) is 142 cm³/mol. The monoisotopic (exact) mass is 476 g/mol. The maximum absolute atomic E-state index is 4.67. The predicted octanol–water partition coefficient (Wildman–Crippen LogP) is 6.49. The van der Waals surface area contributed by atoms with Crippen molar-refractivity contribution in [2.75, 3.05) is 13.1 Å². The van der Waals surface area contributed by atoms with Crippen LogP contribution in [-0.2, 0) is 6.54 Å².